The fourth-order valence-corrected chi connectivity index (χ4v) is 1.12. The van der Waals surface area contributed by atoms with Crippen LogP contribution >= 0.6 is 0 Å². The van der Waals surface area contributed by atoms with Gasteiger partial charge in [0.15, 0.2) is 0 Å². The molecule has 0 aliphatic carbocycles. The summed E-state index contributed by atoms with van der Waals surface area (Å²) in [5.41, 5.74) is 3.46. The van der Waals surface area contributed by atoms with E-state index in [1.54, 1.807) is 0 Å². The average molecular weight is 240 g/mol. The highest BCUT2D eigenvalue weighted by Crippen LogP contribution is 2.37. The van der Waals surface area contributed by atoms with Gasteiger partial charge in [0.2, 0.25) is 5.69 Å². The van der Waals surface area contributed by atoms with Crippen molar-refractivity contribution in [3.63, 3.8) is 0 Å². The molecule has 17 heavy (non-hydrogen) atoms. The fraction of sp³-hybridized carbons (Fsp3) is 0. The highest BCUT2D eigenvalue weighted by molar-refractivity contribution is 5.91. The van der Waals surface area contributed by atoms with Crippen LogP contribution < -0.4 is 0 Å². The van der Waals surface area contributed by atoms with E-state index >= 15 is 0 Å². The van der Waals surface area contributed by atoms with E-state index in [0.717, 1.165) is 0 Å². The molecule has 0 radical (unpaired) electrons. The number of carboxylic acids is 1. The van der Waals surface area contributed by atoms with E-state index in [1.807, 2.05) is 0 Å². The van der Waals surface area contributed by atoms with Crippen molar-refractivity contribution >= 4 is 23.0 Å². The average Bonchev–Trinajstić information content (AvgIpc) is 2.26. The summed E-state index contributed by atoms with van der Waals surface area (Å²) in [6.45, 7) is 0. The molecule has 0 unspecified atom stereocenters. The van der Waals surface area contributed by atoms with Crippen LogP contribution in [0.25, 0.3) is 0 Å². The van der Waals surface area contributed by atoms with Crippen molar-refractivity contribution in [1.29, 1.82) is 5.53 Å². The molecule has 0 heterocycles. The highest BCUT2D eigenvalue weighted by Gasteiger charge is 2.28. The minimum Gasteiger partial charge on any atom is -0.478 e. The first-order chi connectivity index (χ1) is 7.88. The Bertz CT molecular complexity index is 504. The minimum absolute atomic E-state index is 0.614. The zero-order valence-corrected chi connectivity index (χ0v) is 7.98. The predicted octanol–water partition coefficient (Wildman–Crippen LogP) is 1.86. The molecule has 0 fully saturated rings. The van der Waals surface area contributed by atoms with Crippen molar-refractivity contribution in [2.24, 2.45) is 5.11 Å². The van der Waals surface area contributed by atoms with Gasteiger partial charge in [-0.05, 0) is 0 Å². The SMILES string of the molecule is N=Nc1c([N+](=O)[O-])cc(C(=O)O)cc1[N+](=O)[O-]. The van der Waals surface area contributed by atoms with Gasteiger partial charge in [0, 0.05) is 12.1 Å². The summed E-state index contributed by atoms with van der Waals surface area (Å²) in [6.07, 6.45) is 0. The lowest BCUT2D eigenvalue weighted by Gasteiger charge is -2.00. The number of hydrogen-bond donors (Lipinski definition) is 2. The van der Waals surface area contributed by atoms with Crippen LogP contribution in [0.3, 0.4) is 0 Å². The van der Waals surface area contributed by atoms with Gasteiger partial charge >= 0.3 is 17.3 Å². The molecule has 0 atom stereocenters. The summed E-state index contributed by atoms with van der Waals surface area (Å²) in [5, 5.41) is 32.5. The molecule has 0 aliphatic heterocycles. The zero-order valence-electron chi connectivity index (χ0n) is 7.98. The first-order valence-corrected chi connectivity index (χ1v) is 3.96. The molecule has 88 valence electrons. The van der Waals surface area contributed by atoms with Crippen LogP contribution in [0.4, 0.5) is 17.1 Å². The normalized spacial score (nSPS) is 9.65. The zero-order chi connectivity index (χ0) is 13.2. The smallest absolute Gasteiger partial charge is 0.336 e. The molecule has 0 aromatic heterocycles. The summed E-state index contributed by atoms with van der Waals surface area (Å²) in [5.74, 6) is -1.55. The van der Waals surface area contributed by atoms with Gasteiger partial charge in [-0.15, -0.1) is 5.11 Å². The van der Waals surface area contributed by atoms with Crippen molar-refractivity contribution in [2.75, 3.05) is 0 Å². The van der Waals surface area contributed by atoms with Crippen LogP contribution in [0.15, 0.2) is 17.2 Å². The van der Waals surface area contributed by atoms with Crippen molar-refractivity contribution in [2.45, 2.75) is 0 Å². The van der Waals surface area contributed by atoms with Gasteiger partial charge in [-0.3, -0.25) is 20.2 Å². The van der Waals surface area contributed by atoms with Crippen LogP contribution in [0.5, 0.6) is 0 Å². The standard InChI is InChI=1S/C7H4N4O6/c8-9-6-4(10(14)15)1-3(7(12)13)2-5(6)11(16)17/h1-2,8H,(H,12,13). The molecule has 1 aromatic rings. The first kappa shape index (κ1) is 12.2. The fourth-order valence-electron chi connectivity index (χ4n) is 1.12. The van der Waals surface area contributed by atoms with E-state index in [2.05, 4.69) is 5.11 Å². The molecule has 0 bridgehead atoms. The van der Waals surface area contributed by atoms with Crippen LogP contribution in [0.1, 0.15) is 10.4 Å². The van der Waals surface area contributed by atoms with Gasteiger partial charge in [0.1, 0.15) is 0 Å². The molecule has 0 aliphatic rings. The number of benzene rings is 1. The molecule has 10 heteroatoms. The Morgan fingerprint density at radius 2 is 1.65 bits per heavy atom. The van der Waals surface area contributed by atoms with Crippen LogP contribution in [0, 0.1) is 25.8 Å². The number of aromatic carboxylic acids is 1. The number of rotatable bonds is 4. The molecule has 0 amide bonds. The van der Waals surface area contributed by atoms with Gasteiger partial charge in [-0.1, -0.05) is 0 Å². The second kappa shape index (κ2) is 4.30. The number of carbonyl (C=O) groups is 1. The van der Waals surface area contributed by atoms with Gasteiger partial charge in [-0.2, -0.15) is 0 Å². The topological polar surface area (TPSA) is 160 Å². The summed E-state index contributed by atoms with van der Waals surface area (Å²) >= 11 is 0. The van der Waals surface area contributed by atoms with Gasteiger partial charge < -0.3 is 5.11 Å². The van der Waals surface area contributed by atoms with Crippen molar-refractivity contribution in [3.05, 3.63) is 37.9 Å². The number of nitro benzene ring substituents is 2. The van der Waals surface area contributed by atoms with Crippen molar-refractivity contribution < 1.29 is 19.7 Å². The Morgan fingerprint density at radius 1 is 1.24 bits per heavy atom. The van der Waals surface area contributed by atoms with Crippen LogP contribution in [0.2, 0.25) is 0 Å². The summed E-state index contributed by atoms with van der Waals surface area (Å²) in [7, 11) is 0. The third-order valence-electron chi connectivity index (χ3n) is 1.82. The van der Waals surface area contributed by atoms with Crippen LogP contribution in [-0.2, 0) is 0 Å². The maximum Gasteiger partial charge on any atom is 0.336 e. The maximum absolute atomic E-state index is 10.6. The molecule has 1 rings (SSSR count). The lowest BCUT2D eigenvalue weighted by Crippen LogP contribution is -2.01. The first-order valence-electron chi connectivity index (χ1n) is 3.96. The number of carboxylic acid groups (broad SMARTS) is 1. The largest absolute Gasteiger partial charge is 0.478 e. The Morgan fingerprint density at radius 3 is 1.88 bits per heavy atom. The van der Waals surface area contributed by atoms with Gasteiger partial charge in [0.25, 0.3) is 0 Å². The summed E-state index contributed by atoms with van der Waals surface area (Å²) < 4.78 is 0. The van der Waals surface area contributed by atoms with Crippen LogP contribution in [-0.4, -0.2) is 20.9 Å². The van der Waals surface area contributed by atoms with E-state index in [1.165, 1.54) is 0 Å². The number of nitrogens with zero attached hydrogens (tertiary/aromatic N) is 3. The third kappa shape index (κ3) is 2.19. The van der Waals surface area contributed by atoms with E-state index < -0.39 is 38.4 Å². The van der Waals surface area contributed by atoms with Crippen molar-refractivity contribution in [3.8, 4) is 0 Å². The Labute approximate surface area is 92.3 Å². The highest BCUT2D eigenvalue weighted by atomic mass is 16.6. The molecule has 0 spiro atoms. The molecular formula is C7H4N4O6. The molecule has 0 saturated carbocycles. The summed E-state index contributed by atoms with van der Waals surface area (Å²) in [6, 6.07) is 1.23. The molecule has 2 N–H and O–H groups in total. The molecular weight excluding hydrogens is 236 g/mol. The second-order valence-corrected chi connectivity index (χ2v) is 2.79. The Balaban J connectivity index is 3.68. The minimum atomic E-state index is -1.55. The van der Waals surface area contributed by atoms with Crippen molar-refractivity contribution in [1.82, 2.24) is 0 Å². The predicted molar refractivity (Wildman–Crippen MR) is 51.5 cm³/mol. The Hall–Kier alpha value is -2.91. The van der Waals surface area contributed by atoms with E-state index in [0.29, 0.717) is 12.1 Å². The van der Waals surface area contributed by atoms with Gasteiger partial charge in [0.05, 0.1) is 15.4 Å². The number of nitrogens with one attached hydrogen (secondary N) is 1. The molecule has 1 aromatic carbocycles. The quantitative estimate of drug-likeness (QED) is 0.463. The second-order valence-electron chi connectivity index (χ2n) is 2.79. The van der Waals surface area contributed by atoms with E-state index in [9.17, 15) is 25.0 Å². The lowest BCUT2D eigenvalue weighted by molar-refractivity contribution is -0.392. The monoisotopic (exact) mass is 240 g/mol. The van der Waals surface area contributed by atoms with E-state index in [-0.39, 0.29) is 0 Å². The molecule has 0 saturated heterocycles. The third-order valence-corrected chi connectivity index (χ3v) is 1.82. The number of nitro groups is 2. The Kier molecular flexibility index (Phi) is 3.08. The van der Waals surface area contributed by atoms with E-state index in [4.69, 9.17) is 10.6 Å². The van der Waals surface area contributed by atoms with Gasteiger partial charge in [-0.25, -0.2) is 10.3 Å². The number of hydrogen-bond acceptors (Lipinski definition) is 7. The summed E-state index contributed by atoms with van der Waals surface area (Å²) in [4.78, 5) is 29.7. The lowest BCUT2D eigenvalue weighted by atomic mass is 10.1. The molecule has 10 nitrogen and oxygen atoms in total. The maximum atomic E-state index is 10.6.